The van der Waals surface area contributed by atoms with Gasteiger partial charge in [0.15, 0.2) is 0 Å². The van der Waals surface area contributed by atoms with E-state index < -0.39 is 11.1 Å². The van der Waals surface area contributed by atoms with Gasteiger partial charge in [0.2, 0.25) is 0 Å². The Hall–Kier alpha value is -0.143. The Balaban J connectivity index is 0.000001000. The van der Waals surface area contributed by atoms with E-state index in [1.54, 1.807) is 19.1 Å². The van der Waals surface area contributed by atoms with Crippen molar-refractivity contribution in [2.24, 2.45) is 0 Å². The first-order valence-corrected chi connectivity index (χ1v) is 3.80. The number of rotatable bonds is 1. The summed E-state index contributed by atoms with van der Waals surface area (Å²) in [7, 11) is 0. The summed E-state index contributed by atoms with van der Waals surface area (Å²) in [4.78, 5) is 3.67. The van der Waals surface area contributed by atoms with Crippen molar-refractivity contribution in [2.75, 3.05) is 0 Å². The van der Waals surface area contributed by atoms with Crippen molar-refractivity contribution >= 4 is 11.1 Å². The van der Waals surface area contributed by atoms with Crippen molar-refractivity contribution in [3.63, 3.8) is 0 Å². The summed E-state index contributed by atoms with van der Waals surface area (Å²) in [5, 5.41) is 0.127. The van der Waals surface area contributed by atoms with Crippen LogP contribution in [0, 0.1) is 6.92 Å². The van der Waals surface area contributed by atoms with Gasteiger partial charge >= 0.3 is 18.9 Å². The molecule has 1 rings (SSSR count). The molecule has 0 aliphatic carbocycles. The minimum absolute atomic E-state index is 0. The van der Waals surface area contributed by atoms with Gasteiger partial charge in [0.25, 0.3) is 0 Å². The molecule has 11 heavy (non-hydrogen) atoms. The van der Waals surface area contributed by atoms with Crippen LogP contribution in [0.5, 0.6) is 0 Å². The first-order chi connectivity index (χ1) is 4.72. The largest absolute Gasteiger partial charge is 1.00 e. The molecule has 0 spiro atoms. The molecule has 1 aromatic rings. The van der Waals surface area contributed by atoms with Crippen LogP contribution < -0.4 is 18.9 Å². The van der Waals surface area contributed by atoms with Crippen LogP contribution in [-0.4, -0.2) is 13.7 Å². The molecule has 54 valence electrons. The Kier molecular flexibility index (Phi) is 4.62. The quantitative estimate of drug-likeness (QED) is 0.343. The molecule has 0 bridgehead atoms. The third-order valence-corrected chi connectivity index (χ3v) is 1.86. The van der Waals surface area contributed by atoms with Gasteiger partial charge in [0, 0.05) is 6.20 Å². The minimum Gasteiger partial charge on any atom is -0.767 e. The Labute approximate surface area is 79.7 Å². The molecule has 0 saturated heterocycles. The predicted molar refractivity (Wildman–Crippen MR) is 36.2 cm³/mol. The van der Waals surface area contributed by atoms with Crippen molar-refractivity contribution in [1.29, 1.82) is 0 Å². The van der Waals surface area contributed by atoms with Crippen LogP contribution in [0.4, 0.5) is 0 Å². The van der Waals surface area contributed by atoms with Crippen molar-refractivity contribution in [2.45, 2.75) is 11.9 Å². The number of aryl methyl sites for hydroxylation is 1. The molecule has 1 heterocycles. The van der Waals surface area contributed by atoms with Gasteiger partial charge in [0.1, 0.15) is 5.03 Å². The van der Waals surface area contributed by atoms with Crippen LogP contribution in [0.3, 0.4) is 0 Å². The summed E-state index contributed by atoms with van der Waals surface area (Å²) in [5.41, 5.74) is 0.677. The van der Waals surface area contributed by atoms with Gasteiger partial charge in [-0.1, -0.05) is 6.07 Å². The zero-order chi connectivity index (χ0) is 7.56. The molecule has 5 heteroatoms. The van der Waals surface area contributed by atoms with Crippen molar-refractivity contribution in [1.82, 2.24) is 4.98 Å². The maximum Gasteiger partial charge on any atom is 1.00 e. The van der Waals surface area contributed by atoms with Gasteiger partial charge < -0.3 is 4.55 Å². The van der Waals surface area contributed by atoms with E-state index >= 15 is 0 Å². The smallest absolute Gasteiger partial charge is 0.767 e. The van der Waals surface area contributed by atoms with Crippen LogP contribution in [-0.2, 0) is 11.1 Å². The Morgan fingerprint density at radius 2 is 2.27 bits per heavy atom. The van der Waals surface area contributed by atoms with Crippen LogP contribution in [0.2, 0.25) is 0 Å². The van der Waals surface area contributed by atoms with E-state index in [0.29, 0.717) is 5.56 Å². The Morgan fingerprint density at radius 3 is 2.64 bits per heavy atom. The van der Waals surface area contributed by atoms with Gasteiger partial charge in [-0.2, -0.15) is 0 Å². The first kappa shape index (κ1) is 10.9. The molecule has 0 aliphatic heterocycles. The maximum absolute atomic E-state index is 10.4. The standard InChI is InChI=1S/C6H7NO2S.Li/c1-5-3-2-4-7-6(5)10(8)9;/h2-4H,1H3,(H,8,9);/q;+1/p-1. The third kappa shape index (κ3) is 2.76. The molecule has 0 fully saturated rings. The van der Waals surface area contributed by atoms with Gasteiger partial charge in [-0.15, -0.1) is 0 Å². The number of pyridine rings is 1. The fraction of sp³-hybridized carbons (Fsp3) is 0.167. The van der Waals surface area contributed by atoms with Crippen molar-refractivity contribution in [3.8, 4) is 0 Å². The van der Waals surface area contributed by atoms with Gasteiger partial charge in [0.05, 0.1) is 0 Å². The van der Waals surface area contributed by atoms with Gasteiger partial charge in [-0.25, -0.2) is 4.98 Å². The zero-order valence-electron chi connectivity index (χ0n) is 6.40. The van der Waals surface area contributed by atoms with E-state index in [-0.39, 0.29) is 23.9 Å². The van der Waals surface area contributed by atoms with Crippen LogP contribution >= 0.6 is 0 Å². The summed E-state index contributed by atoms with van der Waals surface area (Å²) >= 11 is -2.20. The topological polar surface area (TPSA) is 53.0 Å². The average molecular weight is 163 g/mol. The Morgan fingerprint density at radius 1 is 1.64 bits per heavy atom. The maximum atomic E-state index is 10.4. The fourth-order valence-corrected chi connectivity index (χ4v) is 1.12. The summed E-state index contributed by atoms with van der Waals surface area (Å²) in [6.07, 6.45) is 1.46. The van der Waals surface area contributed by atoms with E-state index in [1.165, 1.54) is 6.20 Å². The van der Waals surface area contributed by atoms with Crippen molar-refractivity contribution < 1.29 is 27.6 Å². The predicted octanol–water partition coefficient (Wildman–Crippen LogP) is -2.37. The molecule has 1 aromatic heterocycles. The molecule has 0 aromatic carbocycles. The molecule has 1 unspecified atom stereocenters. The third-order valence-electron chi connectivity index (χ3n) is 1.12. The second kappa shape index (κ2) is 4.68. The van der Waals surface area contributed by atoms with Gasteiger partial charge in [-0.05, 0) is 29.6 Å². The Bertz CT molecular complexity index is 267. The number of aromatic nitrogens is 1. The van der Waals surface area contributed by atoms with E-state index in [1.807, 2.05) is 0 Å². The van der Waals surface area contributed by atoms with Crippen LogP contribution in [0.1, 0.15) is 5.56 Å². The summed E-state index contributed by atoms with van der Waals surface area (Å²) in [5.74, 6) is 0. The number of nitrogens with zero attached hydrogens (tertiary/aromatic N) is 1. The molecule has 1 atom stereocenters. The van der Waals surface area contributed by atoms with Gasteiger partial charge in [-0.3, -0.25) is 4.21 Å². The molecule has 0 saturated carbocycles. The zero-order valence-corrected chi connectivity index (χ0v) is 7.22. The van der Waals surface area contributed by atoms with E-state index in [9.17, 15) is 8.76 Å². The SMILES string of the molecule is Cc1cccnc1S(=O)[O-].[Li+]. The van der Waals surface area contributed by atoms with Crippen LogP contribution in [0.25, 0.3) is 0 Å². The summed E-state index contributed by atoms with van der Waals surface area (Å²) in [6.45, 7) is 1.71. The second-order valence-electron chi connectivity index (χ2n) is 1.86. The van der Waals surface area contributed by atoms with Crippen molar-refractivity contribution in [3.05, 3.63) is 23.9 Å². The summed E-state index contributed by atoms with van der Waals surface area (Å²) < 4.78 is 20.7. The second-order valence-corrected chi connectivity index (χ2v) is 2.72. The van der Waals surface area contributed by atoms with Crippen LogP contribution in [0.15, 0.2) is 23.4 Å². The monoisotopic (exact) mass is 163 g/mol. The molecular weight excluding hydrogens is 157 g/mol. The molecule has 0 N–H and O–H groups in total. The molecule has 3 nitrogen and oxygen atoms in total. The van der Waals surface area contributed by atoms with E-state index in [0.717, 1.165) is 0 Å². The molecule has 0 aliphatic rings. The molecular formula is C6H6LiNO2S. The fourth-order valence-electron chi connectivity index (χ4n) is 0.646. The normalized spacial score (nSPS) is 11.8. The number of hydrogen-bond donors (Lipinski definition) is 0. The first-order valence-electron chi connectivity index (χ1n) is 2.72. The van der Waals surface area contributed by atoms with E-state index in [4.69, 9.17) is 0 Å². The minimum atomic E-state index is -2.20. The van der Waals surface area contributed by atoms with E-state index in [2.05, 4.69) is 4.98 Å². The number of hydrogen-bond acceptors (Lipinski definition) is 3. The summed E-state index contributed by atoms with van der Waals surface area (Å²) in [6, 6.07) is 3.41. The molecule has 0 radical (unpaired) electrons. The average Bonchev–Trinajstić information content (AvgIpc) is 1.88. The molecule has 0 amide bonds.